The van der Waals surface area contributed by atoms with Gasteiger partial charge in [-0.3, -0.25) is 9.20 Å². The molecule has 5 aromatic rings. The summed E-state index contributed by atoms with van der Waals surface area (Å²) >= 11 is 6.34. The summed E-state index contributed by atoms with van der Waals surface area (Å²) in [6.07, 6.45) is 4.12. The number of nitrogens with one attached hydrogen (secondary N) is 2. The summed E-state index contributed by atoms with van der Waals surface area (Å²) in [4.78, 5) is 37.2. The fraction of sp³-hybridized carbons (Fsp3) is 0.276. The van der Waals surface area contributed by atoms with Crippen molar-refractivity contribution >= 4 is 56.4 Å². The monoisotopic (exact) mass is 578 g/mol. The van der Waals surface area contributed by atoms with E-state index in [1.54, 1.807) is 25.4 Å². The summed E-state index contributed by atoms with van der Waals surface area (Å²) in [6.45, 7) is 2.46. The Morgan fingerprint density at radius 1 is 1.22 bits per heavy atom. The molecule has 0 bridgehead atoms. The van der Waals surface area contributed by atoms with Gasteiger partial charge in [-0.15, -0.1) is 0 Å². The van der Waals surface area contributed by atoms with Crippen LogP contribution >= 0.6 is 11.6 Å². The van der Waals surface area contributed by atoms with Crippen molar-refractivity contribution in [2.45, 2.75) is 12.5 Å². The SMILES string of the molecule is CNc1cc(F)c(F)c2c1[nH]c1ncc(-c3ccc4c(Cl)cc(C(=O)O)c(=O)n4c3)c(N3CCC4CN(C)CC43)c12. The standard InChI is InChI=1S/C29H25ClF2N6O3/c1-33-19-8-18(31)24(32)22-23-26(37-6-5-14-10-36(2)12-21(14)37)16(9-34-27(23)35-25(19)22)13-3-4-20-17(30)7-15(29(40)41)28(39)38(20)11-13/h3-4,7-9,11,14,21,33H,5-6,10,12H2,1-2H3,(H,34,35)(H,40,41). The largest absolute Gasteiger partial charge is 0.477 e. The first-order valence-electron chi connectivity index (χ1n) is 13.2. The highest BCUT2D eigenvalue weighted by Crippen LogP contribution is 2.46. The lowest BCUT2D eigenvalue weighted by Crippen LogP contribution is -2.35. The van der Waals surface area contributed by atoms with Crippen molar-refractivity contribution in [1.82, 2.24) is 19.3 Å². The highest BCUT2D eigenvalue weighted by Gasteiger charge is 2.42. The molecule has 210 valence electrons. The van der Waals surface area contributed by atoms with Gasteiger partial charge in [0, 0.05) is 62.3 Å². The number of hydrogen-bond acceptors (Lipinski definition) is 6. The van der Waals surface area contributed by atoms with Crippen molar-refractivity contribution in [1.29, 1.82) is 0 Å². The number of likely N-dealkylation sites (tertiary alicyclic amines) is 1. The number of rotatable bonds is 4. The minimum atomic E-state index is -1.38. The van der Waals surface area contributed by atoms with Gasteiger partial charge in [-0.25, -0.2) is 18.6 Å². The second-order valence-electron chi connectivity index (χ2n) is 10.8. The molecular formula is C29H25ClF2N6O3. The first kappa shape index (κ1) is 25.7. The Morgan fingerprint density at radius 3 is 2.78 bits per heavy atom. The van der Waals surface area contributed by atoms with E-state index in [1.807, 2.05) is 0 Å². The zero-order valence-corrected chi connectivity index (χ0v) is 22.9. The summed E-state index contributed by atoms with van der Waals surface area (Å²) in [5, 5.41) is 13.2. The van der Waals surface area contributed by atoms with Crippen LogP contribution in [0.4, 0.5) is 20.2 Å². The van der Waals surface area contributed by atoms with Gasteiger partial charge < -0.3 is 25.2 Å². The molecule has 3 N–H and O–H groups in total. The minimum Gasteiger partial charge on any atom is -0.477 e. The molecule has 2 aliphatic heterocycles. The molecule has 2 fully saturated rings. The smallest absolute Gasteiger partial charge is 0.341 e. The van der Waals surface area contributed by atoms with Crippen LogP contribution in [0.1, 0.15) is 16.8 Å². The van der Waals surface area contributed by atoms with E-state index in [9.17, 15) is 19.1 Å². The Morgan fingerprint density at radius 2 is 2.02 bits per heavy atom. The van der Waals surface area contributed by atoms with Crippen LogP contribution in [0.15, 0.2) is 41.5 Å². The molecule has 0 radical (unpaired) electrons. The molecule has 12 heteroatoms. The maximum atomic E-state index is 15.6. The number of benzene rings is 1. The van der Waals surface area contributed by atoms with Crippen LogP contribution in [0.2, 0.25) is 5.02 Å². The number of hydrogen-bond donors (Lipinski definition) is 3. The average molecular weight is 579 g/mol. The predicted octanol–water partition coefficient (Wildman–Crippen LogP) is 4.81. The second kappa shape index (κ2) is 9.15. The zero-order chi connectivity index (χ0) is 28.7. The van der Waals surface area contributed by atoms with Gasteiger partial charge in [0.05, 0.1) is 38.2 Å². The molecule has 0 amide bonds. The molecule has 0 spiro atoms. The number of pyridine rings is 3. The number of halogens is 3. The Labute approximate surface area is 237 Å². The van der Waals surface area contributed by atoms with Crippen molar-refractivity contribution in [3.8, 4) is 11.1 Å². The topological polar surface area (TPSA) is 106 Å². The van der Waals surface area contributed by atoms with Gasteiger partial charge in [0.1, 0.15) is 11.2 Å². The highest BCUT2D eigenvalue weighted by atomic mass is 35.5. The number of fused-ring (bicyclic) bond motifs is 5. The van der Waals surface area contributed by atoms with Gasteiger partial charge in [-0.2, -0.15) is 0 Å². The molecule has 7 rings (SSSR count). The van der Waals surface area contributed by atoms with Crippen LogP contribution in [-0.4, -0.2) is 70.1 Å². The lowest BCUT2D eigenvalue weighted by Gasteiger charge is -2.29. The summed E-state index contributed by atoms with van der Waals surface area (Å²) in [6, 6.07) is 5.82. The molecule has 2 atom stereocenters. The number of anilines is 2. The Kier molecular flexibility index (Phi) is 5.74. The molecule has 1 aromatic carbocycles. The van der Waals surface area contributed by atoms with Crippen LogP contribution < -0.4 is 15.8 Å². The van der Waals surface area contributed by atoms with Gasteiger partial charge in [0.25, 0.3) is 5.56 Å². The number of carbonyl (C=O) groups is 1. The van der Waals surface area contributed by atoms with Crippen molar-refractivity contribution in [3.63, 3.8) is 0 Å². The van der Waals surface area contributed by atoms with Crippen LogP contribution in [0, 0.1) is 17.6 Å². The van der Waals surface area contributed by atoms with Gasteiger partial charge >= 0.3 is 5.97 Å². The van der Waals surface area contributed by atoms with Crippen molar-refractivity contribution in [3.05, 3.63) is 69.2 Å². The van der Waals surface area contributed by atoms with Crippen LogP contribution in [0.25, 0.3) is 38.6 Å². The molecule has 0 aliphatic carbocycles. The van der Waals surface area contributed by atoms with Crippen LogP contribution in [-0.2, 0) is 0 Å². The Hall–Kier alpha value is -4.22. The number of aromatic carboxylic acids is 1. The average Bonchev–Trinajstić information content (AvgIpc) is 3.64. The maximum absolute atomic E-state index is 15.6. The third-order valence-electron chi connectivity index (χ3n) is 8.51. The van der Waals surface area contributed by atoms with E-state index < -0.39 is 28.7 Å². The van der Waals surface area contributed by atoms with E-state index >= 15 is 4.39 Å². The Balaban J connectivity index is 1.57. The van der Waals surface area contributed by atoms with Crippen LogP contribution in [0.5, 0.6) is 0 Å². The zero-order valence-electron chi connectivity index (χ0n) is 22.1. The van der Waals surface area contributed by atoms with E-state index in [4.69, 9.17) is 11.6 Å². The molecule has 0 saturated carbocycles. The van der Waals surface area contributed by atoms with Crippen molar-refractivity contribution in [2.24, 2.45) is 5.92 Å². The summed E-state index contributed by atoms with van der Waals surface area (Å²) in [5.74, 6) is -2.93. The number of nitrogens with zero attached hydrogens (tertiary/aromatic N) is 4. The van der Waals surface area contributed by atoms with Crippen LogP contribution in [0.3, 0.4) is 0 Å². The summed E-state index contributed by atoms with van der Waals surface area (Å²) < 4.78 is 31.7. The second-order valence-corrected chi connectivity index (χ2v) is 11.2. The maximum Gasteiger partial charge on any atom is 0.341 e. The van der Waals surface area contributed by atoms with E-state index in [2.05, 4.69) is 32.1 Å². The van der Waals surface area contributed by atoms with Gasteiger partial charge in [-0.05, 0) is 31.5 Å². The third-order valence-corrected chi connectivity index (χ3v) is 8.81. The fourth-order valence-electron chi connectivity index (χ4n) is 6.67. The van der Waals surface area contributed by atoms with Gasteiger partial charge in [0.2, 0.25) is 0 Å². The van der Waals surface area contributed by atoms with Crippen molar-refractivity contribution in [2.75, 3.05) is 43.9 Å². The number of likely N-dealkylation sites (N-methyl/N-ethyl adjacent to an activating group) is 1. The number of carboxylic acids is 1. The molecule has 41 heavy (non-hydrogen) atoms. The number of aromatic amines is 1. The van der Waals surface area contributed by atoms with Gasteiger partial charge in [0.15, 0.2) is 11.6 Å². The molecule has 9 nitrogen and oxygen atoms in total. The first-order chi connectivity index (χ1) is 19.7. The fourth-order valence-corrected chi connectivity index (χ4v) is 6.93. The third kappa shape index (κ3) is 3.72. The van der Waals surface area contributed by atoms with Gasteiger partial charge in [-0.1, -0.05) is 17.7 Å². The molecule has 4 aromatic heterocycles. The molecule has 2 aliphatic rings. The molecular weight excluding hydrogens is 554 g/mol. The summed E-state index contributed by atoms with van der Waals surface area (Å²) in [7, 11) is 3.71. The molecule has 2 saturated heterocycles. The number of carboxylic acid groups (broad SMARTS) is 1. The minimum absolute atomic E-state index is 0.0951. The van der Waals surface area contributed by atoms with E-state index in [-0.39, 0.29) is 16.5 Å². The normalized spacial score (nSPS) is 19.1. The molecule has 6 heterocycles. The predicted molar refractivity (Wildman–Crippen MR) is 154 cm³/mol. The summed E-state index contributed by atoms with van der Waals surface area (Å²) in [5.41, 5.74) is 2.21. The van der Waals surface area contributed by atoms with E-state index in [0.717, 1.165) is 31.6 Å². The molecule has 2 unspecified atom stereocenters. The van der Waals surface area contributed by atoms with E-state index in [1.165, 1.54) is 10.6 Å². The first-order valence-corrected chi connectivity index (χ1v) is 13.6. The number of H-pyrrole nitrogens is 1. The lowest BCUT2D eigenvalue weighted by atomic mass is 10.00. The van der Waals surface area contributed by atoms with E-state index in [0.29, 0.717) is 57.0 Å². The highest BCUT2D eigenvalue weighted by molar-refractivity contribution is 6.34. The van der Waals surface area contributed by atoms with Crippen molar-refractivity contribution < 1.29 is 18.7 Å². The Bertz CT molecular complexity index is 1990. The lowest BCUT2D eigenvalue weighted by molar-refractivity contribution is 0.0694. The number of aromatic nitrogens is 3. The quantitative estimate of drug-likeness (QED) is 0.281.